The average Bonchev–Trinajstić information content (AvgIpc) is 2.29. The molecule has 0 amide bonds. The van der Waals surface area contributed by atoms with Crippen LogP contribution in [0.15, 0.2) is 0 Å². The molecule has 0 aromatic carbocycles. The standard InChI is InChI=1S/C12H25NO4/c1-5-6-12(2,11(14)15)13(7-9-16-3)8-10-17-4/h5-10H2,1-4H3,(H,14,15). The number of rotatable bonds is 10. The quantitative estimate of drug-likeness (QED) is 0.629. The summed E-state index contributed by atoms with van der Waals surface area (Å²) in [5.41, 5.74) is -0.841. The van der Waals surface area contributed by atoms with Crippen LogP contribution in [0.25, 0.3) is 0 Å². The molecule has 0 bridgehead atoms. The molecule has 5 heteroatoms. The molecule has 0 aliphatic carbocycles. The van der Waals surface area contributed by atoms with Crippen LogP contribution in [0.4, 0.5) is 0 Å². The van der Waals surface area contributed by atoms with Crippen molar-refractivity contribution in [3.63, 3.8) is 0 Å². The number of nitrogens with zero attached hydrogens (tertiary/aromatic N) is 1. The van der Waals surface area contributed by atoms with Crippen molar-refractivity contribution in [2.45, 2.75) is 32.2 Å². The summed E-state index contributed by atoms with van der Waals surface area (Å²) in [6.07, 6.45) is 1.45. The lowest BCUT2D eigenvalue weighted by Crippen LogP contribution is -2.54. The number of ether oxygens (including phenoxy) is 2. The minimum absolute atomic E-state index is 0.524. The normalized spacial score (nSPS) is 14.9. The van der Waals surface area contributed by atoms with Crippen LogP contribution in [0.2, 0.25) is 0 Å². The molecule has 0 aliphatic heterocycles. The Hall–Kier alpha value is -0.650. The molecule has 0 aromatic heterocycles. The van der Waals surface area contributed by atoms with Crippen LogP contribution in [0.5, 0.6) is 0 Å². The van der Waals surface area contributed by atoms with E-state index in [1.807, 2.05) is 11.8 Å². The summed E-state index contributed by atoms with van der Waals surface area (Å²) < 4.78 is 10.1. The van der Waals surface area contributed by atoms with Gasteiger partial charge in [0, 0.05) is 27.3 Å². The minimum atomic E-state index is -0.841. The highest BCUT2D eigenvalue weighted by atomic mass is 16.5. The Bertz CT molecular complexity index is 215. The van der Waals surface area contributed by atoms with Crippen molar-refractivity contribution >= 4 is 5.97 Å². The van der Waals surface area contributed by atoms with E-state index in [2.05, 4.69) is 0 Å². The number of hydrogen-bond acceptors (Lipinski definition) is 4. The van der Waals surface area contributed by atoms with Crippen LogP contribution in [0.3, 0.4) is 0 Å². The number of methoxy groups -OCH3 is 2. The van der Waals surface area contributed by atoms with Gasteiger partial charge in [-0.05, 0) is 13.3 Å². The van der Waals surface area contributed by atoms with E-state index in [4.69, 9.17) is 9.47 Å². The van der Waals surface area contributed by atoms with Gasteiger partial charge in [0.15, 0.2) is 0 Å². The second kappa shape index (κ2) is 8.44. The molecule has 0 rings (SSSR count). The van der Waals surface area contributed by atoms with Gasteiger partial charge in [-0.3, -0.25) is 9.69 Å². The lowest BCUT2D eigenvalue weighted by molar-refractivity contribution is -0.152. The molecule has 0 heterocycles. The van der Waals surface area contributed by atoms with E-state index in [0.29, 0.717) is 32.7 Å². The van der Waals surface area contributed by atoms with Gasteiger partial charge in [-0.2, -0.15) is 0 Å². The molecule has 0 aromatic rings. The predicted molar refractivity (Wildman–Crippen MR) is 66.3 cm³/mol. The van der Waals surface area contributed by atoms with Crippen LogP contribution >= 0.6 is 0 Å². The van der Waals surface area contributed by atoms with Crippen LogP contribution in [-0.4, -0.2) is 62.0 Å². The number of carboxylic acids is 1. The third kappa shape index (κ3) is 5.02. The summed E-state index contributed by atoms with van der Waals surface area (Å²) in [4.78, 5) is 13.4. The summed E-state index contributed by atoms with van der Waals surface area (Å²) >= 11 is 0. The topological polar surface area (TPSA) is 59.0 Å². The van der Waals surface area contributed by atoms with Crippen molar-refractivity contribution in [3.8, 4) is 0 Å². The first-order valence-electron chi connectivity index (χ1n) is 5.99. The Labute approximate surface area is 104 Å². The van der Waals surface area contributed by atoms with E-state index < -0.39 is 11.5 Å². The molecule has 1 N–H and O–H groups in total. The van der Waals surface area contributed by atoms with Gasteiger partial charge in [0.1, 0.15) is 5.54 Å². The highest BCUT2D eigenvalue weighted by Gasteiger charge is 2.38. The van der Waals surface area contributed by atoms with Crippen molar-refractivity contribution in [1.29, 1.82) is 0 Å². The zero-order valence-corrected chi connectivity index (χ0v) is 11.4. The minimum Gasteiger partial charge on any atom is -0.480 e. The molecule has 0 fully saturated rings. The first kappa shape index (κ1) is 16.4. The van der Waals surface area contributed by atoms with Gasteiger partial charge in [-0.1, -0.05) is 13.3 Å². The zero-order valence-electron chi connectivity index (χ0n) is 11.4. The van der Waals surface area contributed by atoms with E-state index in [0.717, 1.165) is 6.42 Å². The van der Waals surface area contributed by atoms with Crippen molar-refractivity contribution < 1.29 is 19.4 Å². The molecule has 0 spiro atoms. The maximum Gasteiger partial charge on any atom is 0.323 e. The fourth-order valence-electron chi connectivity index (χ4n) is 1.90. The fourth-order valence-corrected chi connectivity index (χ4v) is 1.90. The van der Waals surface area contributed by atoms with Crippen molar-refractivity contribution in [3.05, 3.63) is 0 Å². The van der Waals surface area contributed by atoms with E-state index >= 15 is 0 Å². The maximum atomic E-state index is 11.5. The Balaban J connectivity index is 4.72. The highest BCUT2D eigenvalue weighted by molar-refractivity contribution is 5.78. The molecule has 0 aliphatic rings. The van der Waals surface area contributed by atoms with Crippen LogP contribution < -0.4 is 0 Å². The Morgan fingerprint density at radius 3 is 2.00 bits per heavy atom. The lowest BCUT2D eigenvalue weighted by Gasteiger charge is -2.37. The van der Waals surface area contributed by atoms with Crippen molar-refractivity contribution in [1.82, 2.24) is 4.90 Å². The maximum absolute atomic E-state index is 11.5. The molecular formula is C12H25NO4. The molecule has 0 saturated carbocycles. The number of carbonyl (C=O) groups is 1. The van der Waals surface area contributed by atoms with E-state index in [1.165, 1.54) is 0 Å². The van der Waals surface area contributed by atoms with Gasteiger partial charge >= 0.3 is 5.97 Å². The molecular weight excluding hydrogens is 222 g/mol. The first-order chi connectivity index (χ1) is 8.02. The lowest BCUT2D eigenvalue weighted by atomic mass is 9.94. The summed E-state index contributed by atoms with van der Waals surface area (Å²) in [7, 11) is 3.23. The SMILES string of the molecule is CCCC(C)(C(=O)O)N(CCOC)CCOC. The van der Waals surface area contributed by atoms with Crippen molar-refractivity contribution in [2.75, 3.05) is 40.5 Å². The van der Waals surface area contributed by atoms with Crippen molar-refractivity contribution in [2.24, 2.45) is 0 Å². The molecule has 102 valence electrons. The second-order valence-corrected chi connectivity index (χ2v) is 4.30. The van der Waals surface area contributed by atoms with Gasteiger partial charge in [0.05, 0.1) is 13.2 Å². The van der Waals surface area contributed by atoms with Crippen LogP contribution in [0, 0.1) is 0 Å². The molecule has 5 nitrogen and oxygen atoms in total. The van der Waals surface area contributed by atoms with Gasteiger partial charge in [0.2, 0.25) is 0 Å². The first-order valence-corrected chi connectivity index (χ1v) is 5.99. The average molecular weight is 247 g/mol. The van der Waals surface area contributed by atoms with E-state index in [1.54, 1.807) is 21.1 Å². The number of carboxylic acid groups (broad SMARTS) is 1. The number of aliphatic carboxylic acids is 1. The highest BCUT2D eigenvalue weighted by Crippen LogP contribution is 2.21. The predicted octanol–water partition coefficient (Wildman–Crippen LogP) is 1.22. The molecule has 1 atom stereocenters. The van der Waals surface area contributed by atoms with Gasteiger partial charge in [-0.25, -0.2) is 0 Å². The summed E-state index contributed by atoms with van der Waals surface area (Å²) in [5.74, 6) is -0.786. The van der Waals surface area contributed by atoms with Crippen LogP contribution in [-0.2, 0) is 14.3 Å². The third-order valence-corrected chi connectivity index (χ3v) is 3.03. The molecule has 1 unspecified atom stereocenters. The monoisotopic (exact) mass is 247 g/mol. The number of hydrogen-bond donors (Lipinski definition) is 1. The van der Waals surface area contributed by atoms with Gasteiger partial charge in [-0.15, -0.1) is 0 Å². The van der Waals surface area contributed by atoms with Gasteiger partial charge < -0.3 is 14.6 Å². The molecule has 0 radical (unpaired) electrons. The Morgan fingerprint density at radius 1 is 1.24 bits per heavy atom. The van der Waals surface area contributed by atoms with E-state index in [9.17, 15) is 9.90 Å². The Morgan fingerprint density at radius 2 is 1.71 bits per heavy atom. The fraction of sp³-hybridized carbons (Fsp3) is 0.917. The van der Waals surface area contributed by atoms with Crippen LogP contribution in [0.1, 0.15) is 26.7 Å². The Kier molecular flexibility index (Phi) is 8.12. The summed E-state index contributed by atoms with van der Waals surface area (Å²) in [6, 6.07) is 0. The third-order valence-electron chi connectivity index (χ3n) is 3.03. The van der Waals surface area contributed by atoms with E-state index in [-0.39, 0.29) is 0 Å². The largest absolute Gasteiger partial charge is 0.480 e. The smallest absolute Gasteiger partial charge is 0.323 e. The second-order valence-electron chi connectivity index (χ2n) is 4.30. The summed E-state index contributed by atoms with van der Waals surface area (Å²) in [5, 5.41) is 9.41. The summed E-state index contributed by atoms with van der Waals surface area (Å²) in [6.45, 7) is 6.01. The molecule has 0 saturated heterocycles. The zero-order chi connectivity index (χ0) is 13.3. The molecule has 17 heavy (non-hydrogen) atoms. The van der Waals surface area contributed by atoms with Gasteiger partial charge in [0.25, 0.3) is 0 Å².